The SMILES string of the molecule is CN(C)S(=O)(=O)c1ccc(CN2CCC(C)(CN)C2)cc1. The van der Waals surface area contributed by atoms with Crippen molar-refractivity contribution in [1.29, 1.82) is 0 Å². The molecule has 118 valence electrons. The third-order valence-corrected chi connectivity index (χ3v) is 6.07. The minimum absolute atomic E-state index is 0.216. The Hall–Kier alpha value is -0.950. The van der Waals surface area contributed by atoms with E-state index in [2.05, 4.69) is 11.8 Å². The van der Waals surface area contributed by atoms with Crippen LogP contribution in [0.2, 0.25) is 0 Å². The van der Waals surface area contributed by atoms with Crippen LogP contribution in [0.15, 0.2) is 29.2 Å². The zero-order chi connectivity index (χ0) is 15.7. The molecule has 1 fully saturated rings. The van der Waals surface area contributed by atoms with E-state index in [1.165, 1.54) is 4.31 Å². The highest BCUT2D eigenvalue weighted by Crippen LogP contribution is 2.29. The van der Waals surface area contributed by atoms with Gasteiger partial charge in [-0.05, 0) is 42.6 Å². The fraction of sp³-hybridized carbons (Fsp3) is 0.600. The molecule has 2 N–H and O–H groups in total. The van der Waals surface area contributed by atoms with E-state index in [9.17, 15) is 8.42 Å². The minimum Gasteiger partial charge on any atom is -0.330 e. The van der Waals surface area contributed by atoms with Gasteiger partial charge in [0, 0.05) is 27.2 Å². The first-order valence-electron chi connectivity index (χ1n) is 7.21. The lowest BCUT2D eigenvalue weighted by Gasteiger charge is -2.22. The van der Waals surface area contributed by atoms with Crippen molar-refractivity contribution < 1.29 is 8.42 Å². The predicted molar refractivity (Wildman–Crippen MR) is 84.4 cm³/mol. The average molecular weight is 311 g/mol. The van der Waals surface area contributed by atoms with Crippen LogP contribution in [0.4, 0.5) is 0 Å². The summed E-state index contributed by atoms with van der Waals surface area (Å²) < 4.78 is 25.3. The molecule has 0 aromatic heterocycles. The molecule has 1 unspecified atom stereocenters. The third kappa shape index (κ3) is 3.63. The van der Waals surface area contributed by atoms with E-state index >= 15 is 0 Å². The Morgan fingerprint density at radius 1 is 1.29 bits per heavy atom. The summed E-state index contributed by atoms with van der Waals surface area (Å²) in [6.45, 7) is 5.83. The van der Waals surface area contributed by atoms with Gasteiger partial charge >= 0.3 is 0 Å². The summed E-state index contributed by atoms with van der Waals surface area (Å²) >= 11 is 0. The number of nitrogens with two attached hydrogens (primary N) is 1. The monoisotopic (exact) mass is 311 g/mol. The van der Waals surface area contributed by atoms with Gasteiger partial charge in [-0.25, -0.2) is 12.7 Å². The van der Waals surface area contributed by atoms with Gasteiger partial charge in [-0.15, -0.1) is 0 Å². The molecule has 1 aliphatic heterocycles. The number of rotatable bonds is 5. The highest BCUT2D eigenvalue weighted by molar-refractivity contribution is 7.89. The van der Waals surface area contributed by atoms with Crippen molar-refractivity contribution in [1.82, 2.24) is 9.21 Å². The maximum absolute atomic E-state index is 12.0. The molecule has 1 aromatic carbocycles. The van der Waals surface area contributed by atoms with Gasteiger partial charge in [0.25, 0.3) is 0 Å². The number of benzene rings is 1. The topological polar surface area (TPSA) is 66.6 Å². The summed E-state index contributed by atoms with van der Waals surface area (Å²) in [7, 11) is -0.255. The number of hydrogen-bond acceptors (Lipinski definition) is 4. The van der Waals surface area contributed by atoms with Gasteiger partial charge in [-0.3, -0.25) is 4.90 Å². The van der Waals surface area contributed by atoms with Crippen LogP contribution < -0.4 is 5.73 Å². The summed E-state index contributed by atoms with van der Waals surface area (Å²) in [5.74, 6) is 0. The molecular weight excluding hydrogens is 286 g/mol. The van der Waals surface area contributed by atoms with E-state index < -0.39 is 10.0 Å². The third-order valence-electron chi connectivity index (χ3n) is 4.24. The van der Waals surface area contributed by atoms with Gasteiger partial charge in [0.15, 0.2) is 0 Å². The van der Waals surface area contributed by atoms with Crippen LogP contribution in [0.3, 0.4) is 0 Å². The van der Waals surface area contributed by atoms with Crippen LogP contribution in [0.1, 0.15) is 18.9 Å². The Labute approximate surface area is 127 Å². The summed E-state index contributed by atoms with van der Waals surface area (Å²) in [5, 5.41) is 0. The molecule has 1 heterocycles. The maximum Gasteiger partial charge on any atom is 0.242 e. The Bertz CT molecular complexity index is 583. The van der Waals surface area contributed by atoms with Crippen LogP contribution in [-0.2, 0) is 16.6 Å². The largest absolute Gasteiger partial charge is 0.330 e. The molecule has 5 nitrogen and oxygen atoms in total. The Morgan fingerprint density at radius 2 is 1.90 bits per heavy atom. The number of nitrogens with zero attached hydrogens (tertiary/aromatic N) is 2. The predicted octanol–water partition coefficient (Wildman–Crippen LogP) is 1.11. The highest BCUT2D eigenvalue weighted by atomic mass is 32.2. The van der Waals surface area contributed by atoms with Crippen LogP contribution in [0.25, 0.3) is 0 Å². The molecule has 6 heteroatoms. The number of sulfonamides is 1. The van der Waals surface area contributed by atoms with E-state index in [-0.39, 0.29) is 5.41 Å². The quantitative estimate of drug-likeness (QED) is 0.884. The van der Waals surface area contributed by atoms with Gasteiger partial charge < -0.3 is 5.73 Å². The van der Waals surface area contributed by atoms with Gasteiger partial charge in [0.05, 0.1) is 4.90 Å². The van der Waals surface area contributed by atoms with E-state index in [1.807, 2.05) is 12.1 Å². The molecule has 21 heavy (non-hydrogen) atoms. The van der Waals surface area contributed by atoms with E-state index in [0.29, 0.717) is 11.4 Å². The molecule has 2 rings (SSSR count). The second kappa shape index (κ2) is 6.04. The molecule has 1 saturated heterocycles. The molecule has 0 spiro atoms. The molecule has 0 saturated carbocycles. The first-order chi connectivity index (χ1) is 9.77. The second-order valence-electron chi connectivity index (χ2n) is 6.41. The molecular formula is C15H25N3O2S. The zero-order valence-corrected chi connectivity index (χ0v) is 13.9. The van der Waals surface area contributed by atoms with Crippen LogP contribution >= 0.6 is 0 Å². The van der Waals surface area contributed by atoms with E-state index in [4.69, 9.17) is 5.73 Å². The first kappa shape index (κ1) is 16.4. The van der Waals surface area contributed by atoms with Crippen LogP contribution in [0.5, 0.6) is 0 Å². The minimum atomic E-state index is -3.34. The summed E-state index contributed by atoms with van der Waals surface area (Å²) in [6, 6.07) is 7.16. The van der Waals surface area contributed by atoms with Crippen LogP contribution in [0, 0.1) is 5.41 Å². The van der Waals surface area contributed by atoms with Crippen molar-refractivity contribution >= 4 is 10.0 Å². The molecule has 0 radical (unpaired) electrons. The maximum atomic E-state index is 12.0. The normalized spacial score (nSPS) is 23.9. The van der Waals surface area contributed by atoms with Crippen molar-refractivity contribution in [3.8, 4) is 0 Å². The lowest BCUT2D eigenvalue weighted by Crippen LogP contribution is -2.31. The number of likely N-dealkylation sites (tertiary alicyclic amines) is 1. The Balaban J connectivity index is 2.04. The molecule has 1 atom stereocenters. The summed E-state index contributed by atoms with van der Waals surface area (Å²) in [6.07, 6.45) is 1.12. The van der Waals surface area contributed by atoms with Crippen molar-refractivity contribution in [2.24, 2.45) is 11.1 Å². The lowest BCUT2D eigenvalue weighted by atomic mass is 9.90. The van der Waals surface area contributed by atoms with E-state index in [1.54, 1.807) is 26.2 Å². The zero-order valence-electron chi connectivity index (χ0n) is 13.0. The lowest BCUT2D eigenvalue weighted by molar-refractivity contribution is 0.274. The van der Waals surface area contributed by atoms with E-state index in [0.717, 1.165) is 31.6 Å². The fourth-order valence-electron chi connectivity index (χ4n) is 2.66. The summed E-state index contributed by atoms with van der Waals surface area (Å²) in [5.41, 5.74) is 7.17. The standard InChI is InChI=1S/C15H25N3O2S/c1-15(11-16)8-9-18(12-15)10-13-4-6-14(7-5-13)21(19,20)17(2)3/h4-7H,8-12,16H2,1-3H3. The smallest absolute Gasteiger partial charge is 0.242 e. The Kier molecular flexibility index (Phi) is 4.72. The van der Waals surface area contributed by atoms with Crippen molar-refractivity contribution in [2.75, 3.05) is 33.7 Å². The molecule has 0 bridgehead atoms. The fourth-order valence-corrected chi connectivity index (χ4v) is 3.57. The average Bonchev–Trinajstić information content (AvgIpc) is 2.81. The van der Waals surface area contributed by atoms with Gasteiger partial charge in [0.2, 0.25) is 10.0 Å². The first-order valence-corrected chi connectivity index (χ1v) is 8.65. The second-order valence-corrected chi connectivity index (χ2v) is 8.56. The molecule has 1 aromatic rings. The highest BCUT2D eigenvalue weighted by Gasteiger charge is 2.32. The number of hydrogen-bond donors (Lipinski definition) is 1. The van der Waals surface area contributed by atoms with Crippen molar-refractivity contribution in [3.05, 3.63) is 29.8 Å². The Morgan fingerprint density at radius 3 is 2.38 bits per heavy atom. The van der Waals surface area contributed by atoms with Crippen molar-refractivity contribution in [3.63, 3.8) is 0 Å². The molecule has 0 amide bonds. The van der Waals surface area contributed by atoms with Crippen LogP contribution in [-0.4, -0.2) is 51.4 Å². The van der Waals surface area contributed by atoms with Gasteiger partial charge in [-0.1, -0.05) is 19.1 Å². The molecule has 1 aliphatic rings. The van der Waals surface area contributed by atoms with Gasteiger partial charge in [-0.2, -0.15) is 0 Å². The summed E-state index contributed by atoms with van der Waals surface area (Å²) in [4.78, 5) is 2.71. The van der Waals surface area contributed by atoms with Crippen molar-refractivity contribution in [2.45, 2.75) is 24.8 Å². The van der Waals surface area contributed by atoms with Gasteiger partial charge in [0.1, 0.15) is 0 Å². The molecule has 0 aliphatic carbocycles.